The van der Waals surface area contributed by atoms with Crippen LogP contribution in [0.4, 0.5) is 0 Å². The lowest BCUT2D eigenvalue weighted by atomic mass is 10.1. The number of aryl methyl sites for hydroxylation is 2. The predicted molar refractivity (Wildman–Crippen MR) is 65.4 cm³/mol. The molecule has 0 unspecified atom stereocenters. The van der Waals surface area contributed by atoms with Gasteiger partial charge in [0, 0.05) is 10.9 Å². The maximum Gasteiger partial charge on any atom is 0.305 e. The second-order valence-corrected chi connectivity index (χ2v) is 5.04. The molecule has 1 aromatic rings. The van der Waals surface area contributed by atoms with E-state index in [4.69, 9.17) is 5.11 Å². The molecule has 0 bridgehead atoms. The number of carboxylic acid groups (broad SMARTS) is 1. The number of aliphatic carboxylic acids is 1. The molecule has 0 saturated heterocycles. The summed E-state index contributed by atoms with van der Waals surface area (Å²) in [6.07, 6.45) is 0.521. The van der Waals surface area contributed by atoms with Crippen LogP contribution in [0.25, 0.3) is 0 Å². The van der Waals surface area contributed by atoms with Crippen molar-refractivity contribution in [1.82, 2.24) is 10.3 Å². The second-order valence-electron chi connectivity index (χ2n) is 3.84. The van der Waals surface area contributed by atoms with Crippen molar-refractivity contribution in [1.29, 1.82) is 0 Å². The minimum Gasteiger partial charge on any atom is -0.481 e. The number of hydrogen-bond acceptors (Lipinski definition) is 4. The normalized spacial score (nSPS) is 12.2. The fourth-order valence-electron chi connectivity index (χ4n) is 1.33. The summed E-state index contributed by atoms with van der Waals surface area (Å²) >= 11 is 1.32. The van der Waals surface area contributed by atoms with Crippen LogP contribution >= 0.6 is 11.3 Å². The third-order valence-corrected chi connectivity index (χ3v) is 3.54. The van der Waals surface area contributed by atoms with Gasteiger partial charge in [0.15, 0.2) is 5.01 Å². The monoisotopic (exact) mass is 256 g/mol. The molecule has 1 amide bonds. The first kappa shape index (κ1) is 13.6. The highest BCUT2D eigenvalue weighted by Crippen LogP contribution is 2.16. The van der Waals surface area contributed by atoms with Gasteiger partial charge in [-0.2, -0.15) is 0 Å². The van der Waals surface area contributed by atoms with Crippen molar-refractivity contribution >= 4 is 23.2 Å². The number of amides is 1. The molecule has 1 rings (SSSR count). The van der Waals surface area contributed by atoms with Crippen LogP contribution < -0.4 is 5.32 Å². The van der Waals surface area contributed by atoms with Crippen molar-refractivity contribution in [3.05, 3.63) is 15.6 Å². The summed E-state index contributed by atoms with van der Waals surface area (Å²) in [6.45, 7) is 5.59. The van der Waals surface area contributed by atoms with E-state index in [9.17, 15) is 9.59 Å². The van der Waals surface area contributed by atoms with Crippen LogP contribution in [0.2, 0.25) is 0 Å². The molecule has 0 saturated carbocycles. The van der Waals surface area contributed by atoms with Crippen molar-refractivity contribution < 1.29 is 14.7 Å². The molecule has 0 spiro atoms. The second kappa shape index (κ2) is 5.77. The van der Waals surface area contributed by atoms with Crippen molar-refractivity contribution in [3.8, 4) is 0 Å². The van der Waals surface area contributed by atoms with Gasteiger partial charge in [0.05, 0.1) is 12.1 Å². The Morgan fingerprint density at radius 3 is 2.53 bits per heavy atom. The Kier molecular flexibility index (Phi) is 4.62. The number of carboxylic acids is 1. The van der Waals surface area contributed by atoms with Gasteiger partial charge in [-0.15, -0.1) is 11.3 Å². The fraction of sp³-hybridized carbons (Fsp3) is 0.545. The molecule has 2 N–H and O–H groups in total. The van der Waals surface area contributed by atoms with Crippen LogP contribution in [0, 0.1) is 13.8 Å². The minimum absolute atomic E-state index is 0.0639. The standard InChI is InChI=1S/C11H16N2O3S/c1-4-8(5-9(14)15)13-10(16)11-12-6(2)7(3)17-11/h8H,4-5H2,1-3H3,(H,13,16)(H,14,15)/t8-/m1/s1. The van der Waals surface area contributed by atoms with Crippen molar-refractivity contribution in [3.63, 3.8) is 0 Å². The Balaban J connectivity index is 2.67. The molecule has 1 atom stereocenters. The minimum atomic E-state index is -0.913. The zero-order valence-electron chi connectivity index (χ0n) is 10.1. The van der Waals surface area contributed by atoms with Crippen molar-refractivity contribution in [2.24, 2.45) is 0 Å². The number of nitrogens with one attached hydrogen (secondary N) is 1. The zero-order valence-corrected chi connectivity index (χ0v) is 10.9. The predicted octanol–water partition coefficient (Wildman–Crippen LogP) is 1.74. The van der Waals surface area contributed by atoms with Crippen LogP contribution in [-0.4, -0.2) is 28.0 Å². The SMILES string of the molecule is CC[C@H](CC(=O)O)NC(=O)c1nc(C)c(C)s1. The van der Waals surface area contributed by atoms with Gasteiger partial charge in [-0.05, 0) is 20.3 Å². The molecule has 0 aliphatic heterocycles. The summed E-state index contributed by atoms with van der Waals surface area (Å²) in [7, 11) is 0. The number of rotatable bonds is 5. The number of aromatic nitrogens is 1. The number of carbonyl (C=O) groups is 2. The van der Waals surface area contributed by atoms with E-state index in [0.717, 1.165) is 10.6 Å². The summed E-state index contributed by atoms with van der Waals surface area (Å²) in [5.41, 5.74) is 0.839. The van der Waals surface area contributed by atoms with Gasteiger partial charge in [0.2, 0.25) is 0 Å². The lowest BCUT2D eigenvalue weighted by Gasteiger charge is -2.13. The molecule has 5 nitrogen and oxygen atoms in total. The quantitative estimate of drug-likeness (QED) is 0.841. The van der Waals surface area contributed by atoms with E-state index in [2.05, 4.69) is 10.3 Å². The van der Waals surface area contributed by atoms with Crippen LogP contribution in [-0.2, 0) is 4.79 Å². The molecule has 1 aromatic heterocycles. The van der Waals surface area contributed by atoms with Crippen LogP contribution in [0.3, 0.4) is 0 Å². The van der Waals surface area contributed by atoms with Crippen LogP contribution in [0.5, 0.6) is 0 Å². The largest absolute Gasteiger partial charge is 0.481 e. The van der Waals surface area contributed by atoms with E-state index < -0.39 is 5.97 Å². The molecule has 0 aliphatic rings. The number of carbonyl (C=O) groups excluding carboxylic acids is 1. The van der Waals surface area contributed by atoms with Crippen LogP contribution in [0.1, 0.15) is 40.1 Å². The van der Waals surface area contributed by atoms with E-state index in [-0.39, 0.29) is 18.4 Å². The van der Waals surface area contributed by atoms with Gasteiger partial charge >= 0.3 is 5.97 Å². The van der Waals surface area contributed by atoms with Gasteiger partial charge in [-0.1, -0.05) is 6.92 Å². The first-order valence-corrected chi connectivity index (χ1v) is 6.22. The van der Waals surface area contributed by atoms with E-state index in [1.165, 1.54) is 11.3 Å². The smallest absolute Gasteiger partial charge is 0.305 e. The van der Waals surface area contributed by atoms with Crippen LogP contribution in [0.15, 0.2) is 0 Å². The molecule has 1 heterocycles. The molecule has 6 heteroatoms. The molecular formula is C11H16N2O3S. The van der Waals surface area contributed by atoms with Gasteiger partial charge in [0.25, 0.3) is 5.91 Å². The first-order chi connectivity index (χ1) is 7.93. The molecule has 0 radical (unpaired) electrons. The number of hydrogen-bond donors (Lipinski definition) is 2. The average molecular weight is 256 g/mol. The third-order valence-electron chi connectivity index (χ3n) is 2.47. The lowest BCUT2D eigenvalue weighted by molar-refractivity contribution is -0.137. The maximum absolute atomic E-state index is 11.8. The Hall–Kier alpha value is -1.43. The molecule has 94 valence electrons. The average Bonchev–Trinajstić information content (AvgIpc) is 2.57. The molecular weight excluding hydrogens is 240 g/mol. The van der Waals surface area contributed by atoms with Gasteiger partial charge in [-0.3, -0.25) is 9.59 Å². The Morgan fingerprint density at radius 2 is 2.12 bits per heavy atom. The summed E-state index contributed by atoms with van der Waals surface area (Å²) < 4.78 is 0. The Bertz CT molecular complexity index is 409. The maximum atomic E-state index is 11.8. The third kappa shape index (κ3) is 3.81. The van der Waals surface area contributed by atoms with Crippen molar-refractivity contribution in [2.75, 3.05) is 0 Å². The van der Waals surface area contributed by atoms with Gasteiger partial charge in [-0.25, -0.2) is 4.98 Å². The molecule has 0 aromatic carbocycles. The number of thiazole rings is 1. The molecule has 17 heavy (non-hydrogen) atoms. The fourth-order valence-corrected chi connectivity index (χ4v) is 2.14. The Labute approximate surface area is 104 Å². The highest BCUT2D eigenvalue weighted by atomic mass is 32.1. The Morgan fingerprint density at radius 1 is 1.47 bits per heavy atom. The zero-order chi connectivity index (χ0) is 13.0. The van der Waals surface area contributed by atoms with Gasteiger partial charge < -0.3 is 10.4 Å². The summed E-state index contributed by atoms with van der Waals surface area (Å²) in [5, 5.41) is 11.8. The summed E-state index contributed by atoms with van der Waals surface area (Å²) in [5.74, 6) is -1.21. The van der Waals surface area contributed by atoms with E-state index in [0.29, 0.717) is 11.4 Å². The summed E-state index contributed by atoms with van der Waals surface area (Å²) in [4.78, 5) is 27.5. The topological polar surface area (TPSA) is 79.3 Å². The lowest BCUT2D eigenvalue weighted by Crippen LogP contribution is -2.35. The van der Waals surface area contributed by atoms with Gasteiger partial charge in [0.1, 0.15) is 0 Å². The number of nitrogens with zero attached hydrogens (tertiary/aromatic N) is 1. The molecule has 0 aliphatic carbocycles. The molecule has 0 fully saturated rings. The highest BCUT2D eigenvalue weighted by molar-refractivity contribution is 7.13. The highest BCUT2D eigenvalue weighted by Gasteiger charge is 2.18. The van der Waals surface area contributed by atoms with E-state index in [1.54, 1.807) is 0 Å². The summed E-state index contributed by atoms with van der Waals surface area (Å²) in [6, 6.07) is -0.343. The van der Waals surface area contributed by atoms with E-state index in [1.807, 2.05) is 20.8 Å². The van der Waals surface area contributed by atoms with E-state index >= 15 is 0 Å². The van der Waals surface area contributed by atoms with Crippen molar-refractivity contribution in [2.45, 2.75) is 39.7 Å². The first-order valence-electron chi connectivity index (χ1n) is 5.40.